The standard InChI is InChI=1S/C29H42O6/c1-21-4-12-26-28(2,15-3-16-29(26,19-31)20-32)25(21)11-7-23(14-17-30)18-35-27(34)13-8-22-5-9-24(33)10-6-22/h5-6,8-10,12-13,21,23,25,30-33H,3-4,7,11,14-20H2,1-2H3/b13-8+/t21-,23?,25?,28+/m0/s1. The molecular weight excluding hydrogens is 444 g/mol. The fourth-order valence-corrected chi connectivity index (χ4v) is 6.49. The van der Waals surface area contributed by atoms with Crippen molar-refractivity contribution in [2.75, 3.05) is 26.4 Å². The molecule has 1 aromatic rings. The number of phenolic OH excluding ortho intramolecular Hbond substituents is 1. The minimum atomic E-state index is -0.519. The average molecular weight is 487 g/mol. The number of phenols is 1. The Bertz CT molecular complexity index is 885. The Hall–Kier alpha value is -2.15. The van der Waals surface area contributed by atoms with E-state index < -0.39 is 11.4 Å². The molecule has 0 amide bonds. The van der Waals surface area contributed by atoms with E-state index in [1.807, 2.05) is 0 Å². The quantitative estimate of drug-likeness (QED) is 0.209. The number of hydrogen-bond acceptors (Lipinski definition) is 6. The summed E-state index contributed by atoms with van der Waals surface area (Å²) in [6.45, 7) is 4.85. The summed E-state index contributed by atoms with van der Waals surface area (Å²) in [4.78, 5) is 12.3. The monoisotopic (exact) mass is 486 g/mol. The summed E-state index contributed by atoms with van der Waals surface area (Å²) in [6.07, 6.45) is 11.5. The molecule has 4 atom stereocenters. The van der Waals surface area contributed by atoms with Gasteiger partial charge in [0, 0.05) is 18.1 Å². The molecule has 0 saturated heterocycles. The molecule has 1 aromatic carbocycles. The number of aromatic hydroxyl groups is 1. The molecule has 2 aliphatic carbocycles. The van der Waals surface area contributed by atoms with Crippen LogP contribution < -0.4 is 0 Å². The van der Waals surface area contributed by atoms with E-state index in [4.69, 9.17) is 4.74 Å². The third-order valence-corrected chi connectivity index (χ3v) is 8.53. The molecule has 0 spiro atoms. The van der Waals surface area contributed by atoms with Crippen LogP contribution in [0.4, 0.5) is 0 Å². The fourth-order valence-electron chi connectivity index (χ4n) is 6.49. The number of aliphatic hydroxyl groups excluding tert-OH is 3. The van der Waals surface area contributed by atoms with Crippen molar-refractivity contribution in [3.63, 3.8) is 0 Å². The predicted octanol–water partition coefficient (Wildman–Crippen LogP) is 4.47. The van der Waals surface area contributed by atoms with Gasteiger partial charge in [-0.15, -0.1) is 0 Å². The minimum Gasteiger partial charge on any atom is -0.508 e. The van der Waals surface area contributed by atoms with Gasteiger partial charge in [-0.05, 0) is 85.5 Å². The Morgan fingerprint density at radius 2 is 1.86 bits per heavy atom. The summed E-state index contributed by atoms with van der Waals surface area (Å²) in [5, 5.41) is 39.3. The highest BCUT2D eigenvalue weighted by molar-refractivity contribution is 5.87. The molecule has 1 saturated carbocycles. The van der Waals surface area contributed by atoms with Crippen LogP contribution in [0.5, 0.6) is 5.75 Å². The maximum absolute atomic E-state index is 12.3. The Balaban J connectivity index is 1.61. The molecule has 0 aliphatic heterocycles. The second-order valence-electron chi connectivity index (χ2n) is 10.8. The number of hydrogen-bond donors (Lipinski definition) is 4. The van der Waals surface area contributed by atoms with Crippen molar-refractivity contribution >= 4 is 12.0 Å². The minimum absolute atomic E-state index is 0.0211. The third kappa shape index (κ3) is 6.35. The Morgan fingerprint density at radius 1 is 1.14 bits per heavy atom. The largest absolute Gasteiger partial charge is 0.508 e. The van der Waals surface area contributed by atoms with Crippen LogP contribution in [0.15, 0.2) is 42.0 Å². The number of carbonyl (C=O) groups is 1. The lowest BCUT2D eigenvalue weighted by molar-refractivity contribution is -0.139. The zero-order valence-electron chi connectivity index (χ0n) is 21.2. The Labute approximate surface area is 209 Å². The molecular formula is C29H42O6. The van der Waals surface area contributed by atoms with Gasteiger partial charge in [-0.1, -0.05) is 44.1 Å². The number of benzene rings is 1. The molecule has 0 aromatic heterocycles. The summed E-state index contributed by atoms with van der Waals surface area (Å²) < 4.78 is 5.50. The van der Waals surface area contributed by atoms with Crippen LogP contribution >= 0.6 is 0 Å². The van der Waals surface area contributed by atoms with Crippen molar-refractivity contribution in [2.24, 2.45) is 28.6 Å². The van der Waals surface area contributed by atoms with E-state index in [2.05, 4.69) is 19.9 Å². The van der Waals surface area contributed by atoms with Crippen LogP contribution in [-0.4, -0.2) is 52.8 Å². The summed E-state index contributed by atoms with van der Waals surface area (Å²) in [6, 6.07) is 6.56. The zero-order valence-corrected chi connectivity index (χ0v) is 21.2. The molecule has 4 N–H and O–H groups in total. The van der Waals surface area contributed by atoms with Crippen LogP contribution in [0, 0.1) is 28.6 Å². The normalized spacial score (nSPS) is 26.7. The van der Waals surface area contributed by atoms with Crippen LogP contribution in [0.2, 0.25) is 0 Å². The number of ether oxygens (including phenoxy) is 1. The number of carbonyl (C=O) groups excluding carboxylic acids is 1. The van der Waals surface area contributed by atoms with Crippen molar-refractivity contribution in [1.29, 1.82) is 0 Å². The van der Waals surface area contributed by atoms with Gasteiger partial charge in [-0.2, -0.15) is 0 Å². The van der Waals surface area contributed by atoms with E-state index in [9.17, 15) is 25.2 Å². The van der Waals surface area contributed by atoms with Gasteiger partial charge < -0.3 is 25.2 Å². The van der Waals surface area contributed by atoms with E-state index in [1.54, 1.807) is 30.3 Å². The van der Waals surface area contributed by atoms with Gasteiger partial charge in [0.2, 0.25) is 0 Å². The molecule has 2 aliphatic rings. The molecule has 194 valence electrons. The maximum atomic E-state index is 12.3. The number of allylic oxidation sites excluding steroid dienone is 1. The first kappa shape index (κ1) is 27.4. The van der Waals surface area contributed by atoms with Crippen molar-refractivity contribution in [2.45, 2.75) is 58.8 Å². The van der Waals surface area contributed by atoms with Crippen molar-refractivity contribution in [3.8, 4) is 5.75 Å². The van der Waals surface area contributed by atoms with Gasteiger partial charge in [0.05, 0.1) is 19.8 Å². The predicted molar refractivity (Wildman–Crippen MR) is 136 cm³/mol. The molecule has 6 heteroatoms. The smallest absolute Gasteiger partial charge is 0.330 e. The number of fused-ring (bicyclic) bond motifs is 1. The molecule has 0 radical (unpaired) electrons. The first-order valence-corrected chi connectivity index (χ1v) is 13.0. The SMILES string of the molecule is C[C@H]1CC=C2C(CO)(CO)CCC[C@]2(C)C1CCC(CCO)COC(=O)/C=C/c1ccc(O)cc1. The van der Waals surface area contributed by atoms with Gasteiger partial charge in [0.25, 0.3) is 0 Å². The van der Waals surface area contributed by atoms with Crippen molar-refractivity contribution in [1.82, 2.24) is 0 Å². The molecule has 2 unspecified atom stereocenters. The Morgan fingerprint density at radius 3 is 2.51 bits per heavy atom. The van der Waals surface area contributed by atoms with Gasteiger partial charge in [0.1, 0.15) is 5.75 Å². The molecule has 1 fully saturated rings. The second-order valence-corrected chi connectivity index (χ2v) is 10.8. The lowest BCUT2D eigenvalue weighted by Crippen LogP contribution is -2.49. The van der Waals surface area contributed by atoms with E-state index in [1.165, 1.54) is 11.6 Å². The first-order valence-electron chi connectivity index (χ1n) is 13.0. The van der Waals surface area contributed by atoms with Crippen molar-refractivity contribution < 1.29 is 30.0 Å². The summed E-state index contributed by atoms with van der Waals surface area (Å²) in [7, 11) is 0. The molecule has 0 bridgehead atoms. The van der Waals surface area contributed by atoms with Gasteiger partial charge >= 0.3 is 5.97 Å². The molecule has 3 rings (SSSR count). The average Bonchev–Trinajstić information content (AvgIpc) is 2.85. The molecule has 6 nitrogen and oxygen atoms in total. The van der Waals surface area contributed by atoms with Crippen LogP contribution in [-0.2, 0) is 9.53 Å². The van der Waals surface area contributed by atoms with E-state index in [-0.39, 0.29) is 43.5 Å². The number of rotatable bonds is 11. The van der Waals surface area contributed by atoms with E-state index in [0.717, 1.165) is 44.1 Å². The maximum Gasteiger partial charge on any atom is 0.330 e. The van der Waals surface area contributed by atoms with E-state index >= 15 is 0 Å². The van der Waals surface area contributed by atoms with Crippen LogP contribution in [0.25, 0.3) is 6.08 Å². The highest BCUT2D eigenvalue weighted by Gasteiger charge is 2.52. The first-order chi connectivity index (χ1) is 16.8. The molecule has 35 heavy (non-hydrogen) atoms. The van der Waals surface area contributed by atoms with Crippen molar-refractivity contribution in [3.05, 3.63) is 47.6 Å². The lowest BCUT2D eigenvalue weighted by Gasteiger charge is -2.55. The third-order valence-electron chi connectivity index (χ3n) is 8.53. The van der Waals surface area contributed by atoms with Gasteiger partial charge in [-0.25, -0.2) is 4.79 Å². The number of aliphatic hydroxyl groups is 3. The second kappa shape index (κ2) is 12.2. The fraction of sp³-hybridized carbons (Fsp3) is 0.621. The summed E-state index contributed by atoms with van der Waals surface area (Å²) >= 11 is 0. The van der Waals surface area contributed by atoms with Crippen LogP contribution in [0.1, 0.15) is 64.4 Å². The highest BCUT2D eigenvalue weighted by atomic mass is 16.5. The summed E-state index contributed by atoms with van der Waals surface area (Å²) in [5.74, 6) is 0.716. The zero-order chi connectivity index (χ0) is 25.5. The van der Waals surface area contributed by atoms with Gasteiger partial charge in [-0.3, -0.25) is 0 Å². The molecule has 0 heterocycles. The topological polar surface area (TPSA) is 107 Å². The number of esters is 1. The van der Waals surface area contributed by atoms with E-state index in [0.29, 0.717) is 18.3 Å². The Kier molecular flexibility index (Phi) is 9.56. The highest BCUT2D eigenvalue weighted by Crippen LogP contribution is 2.59. The summed E-state index contributed by atoms with van der Waals surface area (Å²) in [5.41, 5.74) is 1.45. The van der Waals surface area contributed by atoms with Gasteiger partial charge in [0.15, 0.2) is 0 Å². The lowest BCUT2D eigenvalue weighted by atomic mass is 9.50. The van der Waals surface area contributed by atoms with Crippen LogP contribution in [0.3, 0.4) is 0 Å².